The summed E-state index contributed by atoms with van der Waals surface area (Å²) in [5.41, 5.74) is 5.65. The maximum atomic E-state index is 11.6. The highest BCUT2D eigenvalue weighted by molar-refractivity contribution is 6.31. The molecule has 7 heteroatoms. The van der Waals surface area contributed by atoms with Crippen LogP contribution < -0.4 is 0 Å². The van der Waals surface area contributed by atoms with Crippen molar-refractivity contribution in [2.75, 3.05) is 0 Å². The van der Waals surface area contributed by atoms with Gasteiger partial charge in [-0.2, -0.15) is 0 Å². The summed E-state index contributed by atoms with van der Waals surface area (Å²) >= 11 is 12.6. The van der Waals surface area contributed by atoms with E-state index in [9.17, 15) is 4.79 Å². The predicted molar refractivity (Wildman–Crippen MR) is 126 cm³/mol. The zero-order valence-electron chi connectivity index (χ0n) is 17.5. The number of rotatable bonds is 7. The summed E-state index contributed by atoms with van der Waals surface area (Å²) < 4.78 is 5.70. The number of hydrogen-bond acceptors (Lipinski definition) is 4. The lowest BCUT2D eigenvalue weighted by atomic mass is 9.85. The number of halogens is 2. The number of aromatic amines is 1. The van der Waals surface area contributed by atoms with E-state index in [1.165, 1.54) is 0 Å². The summed E-state index contributed by atoms with van der Waals surface area (Å²) in [7, 11) is 0. The molecule has 2 atom stereocenters. The third-order valence-corrected chi connectivity index (χ3v) is 5.83. The van der Waals surface area contributed by atoms with Crippen molar-refractivity contribution >= 4 is 29.7 Å². The lowest BCUT2D eigenvalue weighted by molar-refractivity contribution is -0.134. The van der Waals surface area contributed by atoms with Crippen molar-refractivity contribution in [3.63, 3.8) is 0 Å². The van der Waals surface area contributed by atoms with Crippen LogP contribution in [0.3, 0.4) is 0 Å². The zero-order valence-corrected chi connectivity index (χ0v) is 19.1. The molecule has 0 bridgehead atoms. The van der Waals surface area contributed by atoms with Gasteiger partial charge >= 0.3 is 0 Å². The van der Waals surface area contributed by atoms with Crippen molar-refractivity contribution in [3.8, 4) is 11.3 Å². The molecular formula is C25H21Cl2N3O2. The van der Waals surface area contributed by atoms with Crippen LogP contribution in [0.5, 0.6) is 0 Å². The Kier molecular flexibility index (Phi) is 6.58. The first-order valence-electron chi connectivity index (χ1n) is 10.1. The Morgan fingerprint density at radius 3 is 2.53 bits per heavy atom. The summed E-state index contributed by atoms with van der Waals surface area (Å²) in [4.78, 5) is 24.3. The van der Waals surface area contributed by atoms with Gasteiger partial charge in [0.1, 0.15) is 6.10 Å². The Labute approximate surface area is 196 Å². The minimum Gasteiger partial charge on any atom is -0.459 e. The normalized spacial score (nSPS) is 12.9. The van der Waals surface area contributed by atoms with Gasteiger partial charge in [0.15, 0.2) is 0 Å². The van der Waals surface area contributed by atoms with E-state index in [2.05, 4.69) is 9.97 Å². The quantitative estimate of drug-likeness (QED) is 0.318. The molecule has 2 unspecified atom stereocenters. The number of benzene rings is 2. The molecule has 0 aliphatic heterocycles. The first-order valence-corrected chi connectivity index (χ1v) is 10.8. The number of imidazole rings is 1. The predicted octanol–water partition coefficient (Wildman–Crippen LogP) is 6.44. The van der Waals surface area contributed by atoms with Crippen LogP contribution in [0.25, 0.3) is 11.3 Å². The Hall–Kier alpha value is -3.15. The van der Waals surface area contributed by atoms with E-state index >= 15 is 0 Å². The largest absolute Gasteiger partial charge is 0.459 e. The van der Waals surface area contributed by atoms with E-state index in [4.69, 9.17) is 32.9 Å². The molecule has 0 fully saturated rings. The van der Waals surface area contributed by atoms with E-state index in [0.717, 1.165) is 33.8 Å². The molecule has 2 heterocycles. The highest BCUT2D eigenvalue weighted by atomic mass is 35.5. The molecule has 162 valence electrons. The second-order valence-corrected chi connectivity index (χ2v) is 8.38. The van der Waals surface area contributed by atoms with Crippen LogP contribution in [-0.2, 0) is 9.53 Å². The maximum Gasteiger partial charge on any atom is 0.293 e. The number of H-pyrrole nitrogens is 1. The Bertz CT molecular complexity index is 1260. The van der Waals surface area contributed by atoms with Gasteiger partial charge in [-0.1, -0.05) is 47.5 Å². The zero-order chi connectivity index (χ0) is 22.7. The van der Waals surface area contributed by atoms with Gasteiger partial charge in [-0.25, -0.2) is 4.98 Å². The number of hydrogen-bond donors (Lipinski definition) is 1. The fourth-order valence-electron chi connectivity index (χ4n) is 3.90. The standard InChI is InChI=1S/C25H21Cl2N3O2/c1-15-9-10-19(27)12-20(15)25(32-14-31)22(21-8-3-5-16(2)30-21)24-23(28-13-29-24)17-6-4-7-18(26)11-17/h3-14,22,25H,1-2H3,(H,28,29). The average molecular weight is 466 g/mol. The molecule has 0 aliphatic rings. The van der Waals surface area contributed by atoms with E-state index < -0.39 is 12.0 Å². The van der Waals surface area contributed by atoms with Crippen LogP contribution in [0.15, 0.2) is 67.0 Å². The molecule has 0 saturated carbocycles. The summed E-state index contributed by atoms with van der Waals surface area (Å²) in [5, 5.41) is 1.16. The molecule has 0 saturated heterocycles. The summed E-state index contributed by atoms with van der Waals surface area (Å²) in [6.07, 6.45) is 0.929. The topological polar surface area (TPSA) is 67.9 Å². The summed E-state index contributed by atoms with van der Waals surface area (Å²) in [5.74, 6) is -0.488. The second kappa shape index (κ2) is 9.55. The number of pyridine rings is 1. The first kappa shape index (κ1) is 22.1. The maximum absolute atomic E-state index is 11.6. The number of nitrogens with one attached hydrogen (secondary N) is 1. The van der Waals surface area contributed by atoms with Crippen molar-refractivity contribution in [2.45, 2.75) is 25.9 Å². The van der Waals surface area contributed by atoms with Crippen molar-refractivity contribution in [2.24, 2.45) is 0 Å². The molecule has 2 aromatic carbocycles. The van der Waals surface area contributed by atoms with Crippen LogP contribution in [0.1, 0.15) is 40.2 Å². The third kappa shape index (κ3) is 4.54. The SMILES string of the molecule is Cc1cccc(C(c2nc[nH]c2-c2cccc(Cl)c2)C(OC=O)c2cc(Cl)ccc2C)n1. The van der Waals surface area contributed by atoms with Gasteiger partial charge in [-0.15, -0.1) is 0 Å². The molecule has 0 amide bonds. The van der Waals surface area contributed by atoms with E-state index in [1.807, 2.05) is 74.5 Å². The van der Waals surface area contributed by atoms with Gasteiger partial charge < -0.3 is 9.72 Å². The van der Waals surface area contributed by atoms with Crippen molar-refractivity contribution in [1.29, 1.82) is 0 Å². The Balaban J connectivity index is 1.95. The molecule has 1 N–H and O–H groups in total. The number of carbonyl (C=O) groups is 1. The first-order chi connectivity index (χ1) is 15.5. The average Bonchev–Trinajstić information content (AvgIpc) is 3.25. The van der Waals surface area contributed by atoms with Crippen LogP contribution in [0, 0.1) is 13.8 Å². The van der Waals surface area contributed by atoms with E-state index in [-0.39, 0.29) is 0 Å². The number of aryl methyl sites for hydroxylation is 2. The fraction of sp³-hybridized carbons (Fsp3) is 0.160. The van der Waals surface area contributed by atoms with Crippen LogP contribution in [0.4, 0.5) is 0 Å². The van der Waals surface area contributed by atoms with Gasteiger partial charge in [0, 0.05) is 21.3 Å². The van der Waals surface area contributed by atoms with E-state index in [1.54, 1.807) is 6.33 Å². The minimum absolute atomic E-state index is 0.458. The summed E-state index contributed by atoms with van der Waals surface area (Å²) in [6, 6.07) is 18.8. The van der Waals surface area contributed by atoms with Crippen molar-refractivity contribution in [1.82, 2.24) is 15.0 Å². The van der Waals surface area contributed by atoms with Crippen LogP contribution in [0.2, 0.25) is 10.0 Å². The fourth-order valence-corrected chi connectivity index (χ4v) is 4.27. The molecule has 4 aromatic rings. The number of carbonyl (C=O) groups excluding carboxylic acids is 1. The van der Waals surface area contributed by atoms with Gasteiger partial charge in [0.2, 0.25) is 0 Å². The highest BCUT2D eigenvalue weighted by Gasteiger charge is 2.34. The highest BCUT2D eigenvalue weighted by Crippen LogP contribution is 2.42. The Morgan fingerprint density at radius 1 is 1.00 bits per heavy atom. The monoisotopic (exact) mass is 465 g/mol. The van der Waals surface area contributed by atoms with Gasteiger partial charge in [0.05, 0.1) is 29.3 Å². The molecule has 0 radical (unpaired) electrons. The van der Waals surface area contributed by atoms with Crippen molar-refractivity contribution < 1.29 is 9.53 Å². The molecule has 2 aromatic heterocycles. The summed E-state index contributed by atoms with van der Waals surface area (Å²) in [6.45, 7) is 4.33. The molecule has 32 heavy (non-hydrogen) atoms. The molecule has 5 nitrogen and oxygen atoms in total. The Morgan fingerprint density at radius 2 is 1.78 bits per heavy atom. The second-order valence-electron chi connectivity index (χ2n) is 7.51. The third-order valence-electron chi connectivity index (χ3n) is 5.36. The lowest BCUT2D eigenvalue weighted by Crippen LogP contribution is -2.19. The number of ether oxygens (including phenoxy) is 1. The molecular weight excluding hydrogens is 445 g/mol. The minimum atomic E-state index is -0.693. The number of nitrogens with zero attached hydrogens (tertiary/aromatic N) is 2. The van der Waals surface area contributed by atoms with Crippen LogP contribution >= 0.6 is 23.2 Å². The smallest absolute Gasteiger partial charge is 0.293 e. The molecule has 0 spiro atoms. The van der Waals surface area contributed by atoms with Gasteiger partial charge in [-0.05, 0) is 61.4 Å². The lowest BCUT2D eigenvalue weighted by Gasteiger charge is -2.27. The number of aromatic nitrogens is 3. The van der Waals surface area contributed by atoms with Crippen LogP contribution in [-0.4, -0.2) is 21.4 Å². The molecule has 0 aliphatic carbocycles. The molecule has 4 rings (SSSR count). The van der Waals surface area contributed by atoms with Crippen molar-refractivity contribution in [3.05, 3.63) is 105 Å². The van der Waals surface area contributed by atoms with Gasteiger partial charge in [-0.3, -0.25) is 9.78 Å². The van der Waals surface area contributed by atoms with E-state index in [0.29, 0.717) is 22.2 Å². The van der Waals surface area contributed by atoms with Gasteiger partial charge in [0.25, 0.3) is 6.47 Å².